The first-order valence-electron chi connectivity index (χ1n) is 11.3. The molecule has 0 spiro atoms. The first kappa shape index (κ1) is 22.6. The van der Waals surface area contributed by atoms with Gasteiger partial charge in [0.1, 0.15) is 5.60 Å². The van der Waals surface area contributed by atoms with E-state index in [0.29, 0.717) is 31.8 Å². The number of piperidine rings is 2. The van der Waals surface area contributed by atoms with Crippen LogP contribution in [0.3, 0.4) is 0 Å². The number of carbonyl (C=O) groups excluding carboxylic acids is 2. The van der Waals surface area contributed by atoms with Gasteiger partial charge in [-0.1, -0.05) is 30.3 Å². The van der Waals surface area contributed by atoms with Gasteiger partial charge >= 0.3 is 6.09 Å². The van der Waals surface area contributed by atoms with Gasteiger partial charge in [-0.15, -0.1) is 0 Å². The summed E-state index contributed by atoms with van der Waals surface area (Å²) in [4.78, 5) is 29.1. The lowest BCUT2D eigenvalue weighted by Crippen LogP contribution is -2.46. The Labute approximate surface area is 180 Å². The zero-order valence-electron chi connectivity index (χ0n) is 18.7. The average Bonchev–Trinajstić information content (AvgIpc) is 2.72. The lowest BCUT2D eigenvalue weighted by molar-refractivity contribution is -0.126. The van der Waals surface area contributed by atoms with E-state index in [0.717, 1.165) is 26.2 Å². The maximum Gasteiger partial charge on any atom is 0.410 e. The number of likely N-dealkylation sites (tertiary alicyclic amines) is 2. The fourth-order valence-electron chi connectivity index (χ4n) is 4.34. The topological polar surface area (TPSA) is 61.9 Å². The van der Waals surface area contributed by atoms with Crippen LogP contribution in [0.15, 0.2) is 30.3 Å². The van der Waals surface area contributed by atoms with E-state index >= 15 is 0 Å². The van der Waals surface area contributed by atoms with Gasteiger partial charge in [0, 0.05) is 38.6 Å². The second-order valence-corrected chi connectivity index (χ2v) is 9.72. The number of rotatable bonds is 5. The van der Waals surface area contributed by atoms with Crippen LogP contribution in [0.4, 0.5) is 4.79 Å². The van der Waals surface area contributed by atoms with Crippen molar-refractivity contribution in [2.45, 2.75) is 58.6 Å². The number of hydrogen-bond acceptors (Lipinski definition) is 4. The molecular formula is C24H37N3O3. The maximum absolute atomic E-state index is 12.7. The van der Waals surface area contributed by atoms with Crippen LogP contribution in [-0.4, -0.2) is 60.1 Å². The van der Waals surface area contributed by atoms with E-state index in [1.54, 1.807) is 4.90 Å². The zero-order chi connectivity index (χ0) is 21.6. The molecule has 6 heteroatoms. The second kappa shape index (κ2) is 10.3. The maximum atomic E-state index is 12.7. The summed E-state index contributed by atoms with van der Waals surface area (Å²) in [6.07, 6.45) is 3.48. The van der Waals surface area contributed by atoms with Gasteiger partial charge in [0.05, 0.1) is 0 Å². The minimum Gasteiger partial charge on any atom is -0.444 e. The molecule has 2 saturated heterocycles. The molecule has 6 nitrogen and oxygen atoms in total. The van der Waals surface area contributed by atoms with Crippen LogP contribution in [0.2, 0.25) is 0 Å². The van der Waals surface area contributed by atoms with E-state index in [2.05, 4.69) is 40.5 Å². The number of ether oxygens (including phenoxy) is 1. The fourth-order valence-corrected chi connectivity index (χ4v) is 4.34. The predicted octanol–water partition coefficient (Wildman–Crippen LogP) is 3.66. The van der Waals surface area contributed by atoms with Crippen LogP contribution in [0.1, 0.15) is 52.0 Å². The molecule has 1 aromatic carbocycles. The molecule has 2 heterocycles. The lowest BCUT2D eigenvalue weighted by atomic mass is 9.94. The molecule has 0 aromatic heterocycles. The van der Waals surface area contributed by atoms with Crippen molar-refractivity contribution in [2.75, 3.05) is 32.7 Å². The van der Waals surface area contributed by atoms with Crippen molar-refractivity contribution in [3.05, 3.63) is 35.9 Å². The molecule has 3 rings (SSSR count). The molecule has 30 heavy (non-hydrogen) atoms. The smallest absolute Gasteiger partial charge is 0.410 e. The van der Waals surface area contributed by atoms with Crippen molar-refractivity contribution in [3.63, 3.8) is 0 Å². The molecule has 0 radical (unpaired) electrons. The summed E-state index contributed by atoms with van der Waals surface area (Å²) < 4.78 is 5.43. The van der Waals surface area contributed by atoms with E-state index < -0.39 is 5.60 Å². The fraction of sp³-hybridized carbons (Fsp3) is 0.667. The van der Waals surface area contributed by atoms with Gasteiger partial charge in [0.15, 0.2) is 0 Å². The van der Waals surface area contributed by atoms with Gasteiger partial charge in [-0.25, -0.2) is 4.79 Å². The van der Waals surface area contributed by atoms with Gasteiger partial charge in [-0.2, -0.15) is 0 Å². The number of nitrogens with zero attached hydrogens (tertiary/aromatic N) is 2. The Hall–Kier alpha value is -2.08. The zero-order valence-corrected chi connectivity index (χ0v) is 18.7. The highest BCUT2D eigenvalue weighted by atomic mass is 16.6. The standard InChI is InChI=1S/C24H37N3O3/c1-24(2,3)30-23(29)27-14-11-21(12-15-27)22(28)25-16-20-10-7-13-26(18-20)17-19-8-5-4-6-9-19/h4-6,8-9,20-21H,7,10-18H2,1-3H3,(H,25,28). The second-order valence-electron chi connectivity index (χ2n) is 9.72. The Bertz CT molecular complexity index is 693. The molecule has 0 saturated carbocycles. The third-order valence-electron chi connectivity index (χ3n) is 5.93. The molecule has 0 bridgehead atoms. The Morgan fingerprint density at radius 3 is 2.43 bits per heavy atom. The number of nitrogens with one attached hydrogen (secondary N) is 1. The molecule has 2 fully saturated rings. The van der Waals surface area contributed by atoms with Crippen LogP contribution in [0.25, 0.3) is 0 Å². The third kappa shape index (κ3) is 7.01. The minimum atomic E-state index is -0.486. The highest BCUT2D eigenvalue weighted by molar-refractivity contribution is 5.79. The molecule has 1 atom stereocenters. The number of amides is 2. The summed E-state index contributed by atoms with van der Waals surface area (Å²) in [6, 6.07) is 10.6. The van der Waals surface area contributed by atoms with Gasteiger partial charge in [-0.3, -0.25) is 9.69 Å². The normalized spacial score (nSPS) is 21.3. The SMILES string of the molecule is CC(C)(C)OC(=O)N1CCC(C(=O)NCC2CCCN(Cc3ccccc3)C2)CC1. The first-order chi connectivity index (χ1) is 14.3. The van der Waals surface area contributed by atoms with Crippen LogP contribution in [-0.2, 0) is 16.1 Å². The van der Waals surface area contributed by atoms with E-state index in [1.165, 1.54) is 18.4 Å². The van der Waals surface area contributed by atoms with Crippen molar-refractivity contribution >= 4 is 12.0 Å². The molecule has 1 N–H and O–H groups in total. The molecule has 1 aromatic rings. The van der Waals surface area contributed by atoms with E-state index in [-0.39, 0.29) is 17.9 Å². The van der Waals surface area contributed by atoms with Crippen molar-refractivity contribution in [2.24, 2.45) is 11.8 Å². The van der Waals surface area contributed by atoms with Gasteiger partial charge in [0.2, 0.25) is 5.91 Å². The van der Waals surface area contributed by atoms with Crippen LogP contribution in [0.5, 0.6) is 0 Å². The summed E-state index contributed by atoms with van der Waals surface area (Å²) in [5, 5.41) is 3.19. The first-order valence-corrected chi connectivity index (χ1v) is 11.3. The van der Waals surface area contributed by atoms with E-state index in [9.17, 15) is 9.59 Å². The quantitative estimate of drug-likeness (QED) is 0.797. The Kier molecular flexibility index (Phi) is 7.75. The third-order valence-corrected chi connectivity index (χ3v) is 5.93. The van der Waals surface area contributed by atoms with Crippen molar-refractivity contribution in [1.82, 2.24) is 15.1 Å². The van der Waals surface area contributed by atoms with Crippen LogP contribution in [0, 0.1) is 11.8 Å². The summed E-state index contributed by atoms with van der Waals surface area (Å²) in [6.45, 7) is 10.7. The van der Waals surface area contributed by atoms with Crippen molar-refractivity contribution in [3.8, 4) is 0 Å². The summed E-state index contributed by atoms with van der Waals surface area (Å²) in [7, 11) is 0. The number of carbonyl (C=O) groups is 2. The Morgan fingerprint density at radius 2 is 1.77 bits per heavy atom. The molecule has 2 amide bonds. The largest absolute Gasteiger partial charge is 0.444 e. The monoisotopic (exact) mass is 415 g/mol. The predicted molar refractivity (Wildman–Crippen MR) is 118 cm³/mol. The van der Waals surface area contributed by atoms with Gasteiger partial charge < -0.3 is 15.0 Å². The Balaban J connectivity index is 1.38. The van der Waals surface area contributed by atoms with Gasteiger partial charge in [0.25, 0.3) is 0 Å². The molecular weight excluding hydrogens is 378 g/mol. The van der Waals surface area contributed by atoms with E-state index in [1.807, 2.05) is 20.8 Å². The van der Waals surface area contributed by atoms with Crippen LogP contribution >= 0.6 is 0 Å². The highest BCUT2D eigenvalue weighted by Gasteiger charge is 2.30. The van der Waals surface area contributed by atoms with Crippen LogP contribution < -0.4 is 5.32 Å². The number of benzene rings is 1. The molecule has 2 aliphatic heterocycles. The lowest BCUT2D eigenvalue weighted by Gasteiger charge is -2.34. The molecule has 166 valence electrons. The molecule has 1 unspecified atom stereocenters. The highest BCUT2D eigenvalue weighted by Crippen LogP contribution is 2.21. The van der Waals surface area contributed by atoms with E-state index in [4.69, 9.17) is 4.74 Å². The number of hydrogen-bond donors (Lipinski definition) is 1. The summed E-state index contributed by atoms with van der Waals surface area (Å²) >= 11 is 0. The molecule has 0 aliphatic carbocycles. The summed E-state index contributed by atoms with van der Waals surface area (Å²) in [5.41, 5.74) is 0.860. The van der Waals surface area contributed by atoms with Gasteiger partial charge in [-0.05, 0) is 64.5 Å². The minimum absolute atomic E-state index is 0.00676. The Morgan fingerprint density at radius 1 is 1.07 bits per heavy atom. The van der Waals surface area contributed by atoms with Crippen molar-refractivity contribution in [1.29, 1.82) is 0 Å². The summed E-state index contributed by atoms with van der Waals surface area (Å²) in [5.74, 6) is 0.639. The van der Waals surface area contributed by atoms with Crippen molar-refractivity contribution < 1.29 is 14.3 Å². The average molecular weight is 416 g/mol. The molecule has 2 aliphatic rings.